The van der Waals surface area contributed by atoms with Gasteiger partial charge in [0.2, 0.25) is 5.91 Å². The molecule has 3 aromatic rings. The molecule has 1 aliphatic heterocycles. The van der Waals surface area contributed by atoms with Crippen molar-refractivity contribution in [2.24, 2.45) is 0 Å². The van der Waals surface area contributed by atoms with Crippen molar-refractivity contribution in [3.05, 3.63) is 54.0 Å². The van der Waals surface area contributed by atoms with Crippen molar-refractivity contribution < 1.29 is 17.6 Å². The third-order valence-electron chi connectivity index (χ3n) is 5.02. The molecule has 0 radical (unpaired) electrons. The van der Waals surface area contributed by atoms with Crippen LogP contribution in [-0.4, -0.2) is 47.1 Å². The van der Waals surface area contributed by atoms with Gasteiger partial charge in [-0.25, -0.2) is 8.42 Å². The lowest BCUT2D eigenvalue weighted by molar-refractivity contribution is -0.132. The van der Waals surface area contributed by atoms with E-state index in [9.17, 15) is 13.2 Å². The summed E-state index contributed by atoms with van der Waals surface area (Å²) in [6.45, 7) is 2.84. The summed E-state index contributed by atoms with van der Waals surface area (Å²) in [4.78, 5) is 14.7. The van der Waals surface area contributed by atoms with Gasteiger partial charge in [0, 0.05) is 35.8 Å². The Labute approximate surface area is 157 Å². The van der Waals surface area contributed by atoms with Gasteiger partial charge in [0.15, 0.2) is 9.84 Å². The third kappa shape index (κ3) is 3.49. The van der Waals surface area contributed by atoms with Crippen LogP contribution in [0.15, 0.2) is 47.3 Å². The maximum Gasteiger partial charge on any atom is 0.227 e. The Kier molecular flexibility index (Phi) is 4.51. The number of fused-ring (bicyclic) bond motifs is 1. The van der Waals surface area contributed by atoms with Crippen LogP contribution in [0.3, 0.4) is 0 Å². The Morgan fingerprint density at radius 2 is 2.15 bits per heavy atom. The molecule has 1 unspecified atom stereocenters. The van der Waals surface area contributed by atoms with E-state index in [1.807, 2.05) is 37.4 Å². The predicted octanol–water partition coefficient (Wildman–Crippen LogP) is 2.19. The molecule has 1 fully saturated rings. The summed E-state index contributed by atoms with van der Waals surface area (Å²) in [5.74, 6) is -0.186. The van der Waals surface area contributed by atoms with Crippen LogP contribution in [0.5, 0.6) is 0 Å². The molecule has 27 heavy (non-hydrogen) atoms. The number of hydrogen-bond donors (Lipinski definition) is 0. The molecule has 1 aliphatic rings. The van der Waals surface area contributed by atoms with Crippen molar-refractivity contribution in [1.82, 2.24) is 14.7 Å². The second-order valence-electron chi connectivity index (χ2n) is 6.78. The second-order valence-corrected chi connectivity index (χ2v) is 9.01. The Balaban J connectivity index is 1.62. The molecule has 1 atom stereocenters. The number of carbonyl (C=O) groups is 1. The molecule has 0 saturated carbocycles. The van der Waals surface area contributed by atoms with Crippen LogP contribution in [0.1, 0.15) is 24.1 Å². The molecule has 1 amide bonds. The van der Waals surface area contributed by atoms with E-state index >= 15 is 0 Å². The number of aryl methyl sites for hydroxylation is 1. The largest absolute Gasteiger partial charge is 0.464 e. The van der Waals surface area contributed by atoms with Gasteiger partial charge in [-0.2, -0.15) is 5.10 Å². The SMILES string of the molecule is CCn1cc(C2CS(=O)(=O)CCN2C(=O)Cc2coc3ccccc23)cn1. The van der Waals surface area contributed by atoms with Gasteiger partial charge in [-0.15, -0.1) is 0 Å². The van der Waals surface area contributed by atoms with Crippen LogP contribution in [0.25, 0.3) is 11.0 Å². The third-order valence-corrected chi connectivity index (χ3v) is 6.64. The fourth-order valence-electron chi connectivity index (χ4n) is 3.54. The fraction of sp³-hybridized carbons (Fsp3) is 0.368. The standard InChI is InChI=1S/C19H21N3O4S/c1-2-21-11-15(10-20-21)17-13-27(24,25)8-7-22(17)19(23)9-14-12-26-18-6-4-3-5-16(14)18/h3-6,10-12,17H,2,7-9,13H2,1H3. The monoisotopic (exact) mass is 387 g/mol. The summed E-state index contributed by atoms with van der Waals surface area (Å²) in [6, 6.07) is 7.06. The summed E-state index contributed by atoms with van der Waals surface area (Å²) in [5, 5.41) is 5.15. The van der Waals surface area contributed by atoms with Gasteiger partial charge in [0.25, 0.3) is 0 Å². The molecule has 1 aromatic carbocycles. The second kappa shape index (κ2) is 6.84. The topological polar surface area (TPSA) is 85.4 Å². The first-order valence-electron chi connectivity index (χ1n) is 8.94. The smallest absolute Gasteiger partial charge is 0.227 e. The van der Waals surface area contributed by atoms with Crippen molar-refractivity contribution in [3.8, 4) is 0 Å². The van der Waals surface area contributed by atoms with Crippen LogP contribution < -0.4 is 0 Å². The Bertz CT molecular complexity index is 1080. The lowest BCUT2D eigenvalue weighted by Crippen LogP contribution is -2.46. The van der Waals surface area contributed by atoms with Crippen molar-refractivity contribution in [2.75, 3.05) is 18.1 Å². The van der Waals surface area contributed by atoms with E-state index in [-0.39, 0.29) is 30.4 Å². The van der Waals surface area contributed by atoms with E-state index in [0.29, 0.717) is 6.54 Å². The Morgan fingerprint density at radius 3 is 2.93 bits per heavy atom. The summed E-state index contributed by atoms with van der Waals surface area (Å²) >= 11 is 0. The summed E-state index contributed by atoms with van der Waals surface area (Å²) in [5.41, 5.74) is 2.31. The average molecular weight is 387 g/mol. The van der Waals surface area contributed by atoms with Gasteiger partial charge < -0.3 is 9.32 Å². The van der Waals surface area contributed by atoms with Crippen LogP contribution in [-0.2, 0) is 27.6 Å². The number of para-hydroxylation sites is 1. The molecule has 2 aromatic heterocycles. The maximum absolute atomic E-state index is 13.0. The number of rotatable bonds is 4. The van der Waals surface area contributed by atoms with Crippen LogP contribution in [0, 0.1) is 0 Å². The van der Waals surface area contributed by atoms with Crippen molar-refractivity contribution in [2.45, 2.75) is 25.9 Å². The van der Waals surface area contributed by atoms with Crippen molar-refractivity contribution in [1.29, 1.82) is 0 Å². The molecule has 3 heterocycles. The van der Waals surface area contributed by atoms with E-state index in [1.165, 1.54) is 0 Å². The lowest BCUT2D eigenvalue weighted by atomic mass is 10.1. The first-order valence-corrected chi connectivity index (χ1v) is 10.8. The zero-order chi connectivity index (χ0) is 19.0. The van der Waals surface area contributed by atoms with E-state index in [1.54, 1.807) is 22.0 Å². The molecule has 1 saturated heterocycles. The molecule has 4 rings (SSSR count). The zero-order valence-corrected chi connectivity index (χ0v) is 15.9. The molecular weight excluding hydrogens is 366 g/mol. The highest BCUT2D eigenvalue weighted by molar-refractivity contribution is 7.91. The number of hydrogen-bond acceptors (Lipinski definition) is 5. The minimum Gasteiger partial charge on any atom is -0.464 e. The van der Waals surface area contributed by atoms with Gasteiger partial charge in [-0.3, -0.25) is 9.48 Å². The van der Waals surface area contributed by atoms with Crippen LogP contribution in [0.4, 0.5) is 0 Å². The fourth-order valence-corrected chi connectivity index (χ4v) is 5.04. The highest BCUT2D eigenvalue weighted by Gasteiger charge is 2.36. The zero-order valence-electron chi connectivity index (χ0n) is 15.0. The number of benzene rings is 1. The Hall–Kier alpha value is -2.61. The molecule has 0 N–H and O–H groups in total. The minimum absolute atomic E-state index is 0.0106. The van der Waals surface area contributed by atoms with Gasteiger partial charge in [-0.1, -0.05) is 18.2 Å². The molecule has 8 heteroatoms. The van der Waals surface area contributed by atoms with Crippen LogP contribution >= 0.6 is 0 Å². The first-order chi connectivity index (χ1) is 13.0. The van der Waals surface area contributed by atoms with Crippen molar-refractivity contribution in [3.63, 3.8) is 0 Å². The van der Waals surface area contributed by atoms with E-state index in [4.69, 9.17) is 4.42 Å². The maximum atomic E-state index is 13.0. The molecule has 0 bridgehead atoms. The summed E-state index contributed by atoms with van der Waals surface area (Å²) < 4.78 is 31.6. The molecule has 0 spiro atoms. The number of sulfone groups is 1. The van der Waals surface area contributed by atoms with Gasteiger partial charge >= 0.3 is 0 Å². The summed E-state index contributed by atoms with van der Waals surface area (Å²) in [7, 11) is -3.19. The molecule has 0 aliphatic carbocycles. The van der Waals surface area contributed by atoms with E-state index in [2.05, 4.69) is 5.10 Å². The van der Waals surface area contributed by atoms with Gasteiger partial charge in [-0.05, 0) is 13.0 Å². The van der Waals surface area contributed by atoms with Crippen LogP contribution in [0.2, 0.25) is 0 Å². The van der Waals surface area contributed by atoms with Gasteiger partial charge in [0.1, 0.15) is 5.58 Å². The number of amides is 1. The molecule has 7 nitrogen and oxygen atoms in total. The van der Waals surface area contributed by atoms with E-state index < -0.39 is 15.9 Å². The highest BCUT2D eigenvalue weighted by Crippen LogP contribution is 2.28. The molecule has 142 valence electrons. The quantitative estimate of drug-likeness (QED) is 0.685. The molecular formula is C19H21N3O4S. The minimum atomic E-state index is -3.19. The Morgan fingerprint density at radius 1 is 1.33 bits per heavy atom. The number of furan rings is 1. The lowest BCUT2D eigenvalue weighted by Gasteiger charge is -2.35. The average Bonchev–Trinajstić information content (AvgIpc) is 3.28. The normalized spacial score (nSPS) is 19.4. The number of carbonyl (C=O) groups excluding carboxylic acids is 1. The van der Waals surface area contributed by atoms with Crippen molar-refractivity contribution >= 4 is 26.7 Å². The highest BCUT2D eigenvalue weighted by atomic mass is 32.2. The van der Waals surface area contributed by atoms with Gasteiger partial charge in [0.05, 0.1) is 36.4 Å². The first kappa shape index (κ1) is 17.8. The summed E-state index contributed by atoms with van der Waals surface area (Å²) in [6.07, 6.45) is 5.25. The van der Waals surface area contributed by atoms with E-state index in [0.717, 1.165) is 22.1 Å². The predicted molar refractivity (Wildman–Crippen MR) is 101 cm³/mol. The number of aromatic nitrogens is 2. The number of nitrogens with zero attached hydrogens (tertiary/aromatic N) is 3.